The number of carbonyl (C=O) groups excluding carboxylic acids is 1. The molecule has 2 aromatic heterocycles. The molecule has 0 aliphatic rings. The molecule has 1 amide bonds. The van der Waals surface area contributed by atoms with Gasteiger partial charge in [-0.3, -0.25) is 4.79 Å². The fourth-order valence-electron chi connectivity index (χ4n) is 2.83. The van der Waals surface area contributed by atoms with Crippen LogP contribution in [0.3, 0.4) is 0 Å². The summed E-state index contributed by atoms with van der Waals surface area (Å²) in [6.45, 7) is 5.01. The number of aryl methyl sites for hydroxylation is 1. The second kappa shape index (κ2) is 8.40. The predicted octanol–water partition coefficient (Wildman–Crippen LogP) is 3.88. The fourth-order valence-corrected chi connectivity index (χ4v) is 3.72. The smallest absolute Gasteiger partial charge is 0.251 e. The van der Waals surface area contributed by atoms with Gasteiger partial charge in [0.15, 0.2) is 5.82 Å². The lowest BCUT2D eigenvalue weighted by Crippen LogP contribution is -2.22. The van der Waals surface area contributed by atoms with E-state index in [1.54, 1.807) is 16.6 Å². The molecule has 0 saturated carbocycles. The van der Waals surface area contributed by atoms with Crippen LogP contribution in [-0.2, 0) is 6.54 Å². The highest BCUT2D eigenvalue weighted by atomic mass is 32.1. The lowest BCUT2D eigenvalue weighted by atomic mass is 10.1. The molecule has 29 heavy (non-hydrogen) atoms. The summed E-state index contributed by atoms with van der Waals surface area (Å²) < 4.78 is 7.33. The number of ether oxygens (including phenoxy) is 1. The first-order valence-electron chi connectivity index (χ1n) is 9.43. The number of benzene rings is 2. The van der Waals surface area contributed by atoms with E-state index in [-0.39, 0.29) is 5.91 Å². The number of aromatic nitrogens is 4. The van der Waals surface area contributed by atoms with Gasteiger partial charge >= 0.3 is 0 Å². The van der Waals surface area contributed by atoms with Crippen molar-refractivity contribution >= 4 is 22.2 Å². The van der Waals surface area contributed by atoms with E-state index in [0.29, 0.717) is 24.5 Å². The number of amides is 1. The van der Waals surface area contributed by atoms with Crippen molar-refractivity contribution in [1.82, 2.24) is 25.1 Å². The summed E-state index contributed by atoms with van der Waals surface area (Å²) in [4.78, 5) is 13.2. The molecule has 2 aromatic carbocycles. The minimum Gasteiger partial charge on any atom is -0.494 e. The van der Waals surface area contributed by atoms with Crippen molar-refractivity contribution in [2.24, 2.45) is 0 Å². The van der Waals surface area contributed by atoms with Crippen molar-refractivity contribution < 1.29 is 9.53 Å². The van der Waals surface area contributed by atoms with Gasteiger partial charge < -0.3 is 10.1 Å². The van der Waals surface area contributed by atoms with Gasteiger partial charge in [-0.1, -0.05) is 48.6 Å². The summed E-state index contributed by atoms with van der Waals surface area (Å²) in [5.74, 6) is 1.36. The number of nitrogens with one attached hydrogen (secondary N) is 1. The molecular formula is C21H21N5O2S. The number of nitrogens with zero attached hydrogens (tertiary/aromatic N) is 4. The molecule has 2 heterocycles. The Morgan fingerprint density at radius 3 is 2.76 bits per heavy atom. The lowest BCUT2D eigenvalue weighted by molar-refractivity contribution is 0.0950. The maximum atomic E-state index is 12.4. The van der Waals surface area contributed by atoms with Crippen molar-refractivity contribution in [1.29, 1.82) is 0 Å². The zero-order valence-corrected chi connectivity index (χ0v) is 17.1. The van der Waals surface area contributed by atoms with E-state index in [0.717, 1.165) is 33.3 Å². The number of hydrogen-bond acceptors (Lipinski definition) is 6. The Kier molecular flexibility index (Phi) is 5.53. The largest absolute Gasteiger partial charge is 0.494 e. The molecule has 0 aliphatic carbocycles. The molecule has 4 aromatic rings. The van der Waals surface area contributed by atoms with Crippen LogP contribution in [0.15, 0.2) is 48.5 Å². The molecule has 0 fully saturated rings. The Bertz CT molecular complexity index is 1130. The summed E-state index contributed by atoms with van der Waals surface area (Å²) in [7, 11) is 0. The summed E-state index contributed by atoms with van der Waals surface area (Å²) >= 11 is 1.50. The van der Waals surface area contributed by atoms with Crippen LogP contribution >= 0.6 is 11.3 Å². The predicted molar refractivity (Wildman–Crippen MR) is 112 cm³/mol. The lowest BCUT2D eigenvalue weighted by Gasteiger charge is -2.08. The average molecular weight is 407 g/mol. The normalized spacial score (nSPS) is 11.0. The summed E-state index contributed by atoms with van der Waals surface area (Å²) in [6, 6.07) is 15.2. The second-order valence-corrected chi connectivity index (χ2v) is 7.56. The van der Waals surface area contributed by atoms with Crippen LogP contribution in [0.2, 0.25) is 0 Å². The third-order valence-electron chi connectivity index (χ3n) is 4.37. The first-order valence-corrected chi connectivity index (χ1v) is 10.2. The van der Waals surface area contributed by atoms with Crippen molar-refractivity contribution in [2.75, 3.05) is 6.61 Å². The van der Waals surface area contributed by atoms with Gasteiger partial charge in [-0.15, -0.1) is 10.2 Å². The Hall–Kier alpha value is -3.26. The number of carbonyl (C=O) groups is 1. The van der Waals surface area contributed by atoms with Crippen LogP contribution in [0.4, 0.5) is 0 Å². The minimum atomic E-state index is -0.125. The molecule has 0 spiro atoms. The fraction of sp³-hybridized carbons (Fsp3) is 0.238. The van der Waals surface area contributed by atoms with Gasteiger partial charge in [0.2, 0.25) is 4.96 Å². The van der Waals surface area contributed by atoms with Gasteiger partial charge in [-0.25, -0.2) is 0 Å². The quantitative estimate of drug-likeness (QED) is 0.503. The summed E-state index contributed by atoms with van der Waals surface area (Å²) in [5.41, 5.74) is 2.61. The second-order valence-electron chi connectivity index (χ2n) is 6.60. The zero-order valence-electron chi connectivity index (χ0n) is 16.3. The molecule has 8 heteroatoms. The molecular weight excluding hydrogens is 386 g/mol. The average Bonchev–Trinajstić information content (AvgIpc) is 3.33. The Labute approximate surface area is 172 Å². The first kappa shape index (κ1) is 19.1. The van der Waals surface area contributed by atoms with Gasteiger partial charge in [-0.2, -0.15) is 9.61 Å². The highest BCUT2D eigenvalue weighted by Crippen LogP contribution is 2.25. The highest BCUT2D eigenvalue weighted by Gasteiger charge is 2.11. The van der Waals surface area contributed by atoms with Crippen LogP contribution in [-0.4, -0.2) is 32.3 Å². The molecule has 148 valence electrons. The standard InChI is InChI=1S/C21H21N5O2S/c1-3-11-28-18-6-4-5-17(12-18)19(27)22-13-15-7-9-16(10-8-15)20-25-26-14(2)23-24-21(26)29-20/h4-10,12H,3,11,13H2,1-2H3,(H,22,27). The van der Waals surface area contributed by atoms with Crippen molar-refractivity contribution in [2.45, 2.75) is 26.8 Å². The maximum absolute atomic E-state index is 12.4. The van der Waals surface area contributed by atoms with Gasteiger partial charge in [0, 0.05) is 17.7 Å². The van der Waals surface area contributed by atoms with Gasteiger partial charge in [0.25, 0.3) is 5.91 Å². The third-order valence-corrected chi connectivity index (χ3v) is 5.32. The molecule has 0 radical (unpaired) electrons. The Balaban J connectivity index is 1.39. The van der Waals surface area contributed by atoms with E-state index in [4.69, 9.17) is 4.74 Å². The molecule has 0 atom stereocenters. The van der Waals surface area contributed by atoms with Crippen LogP contribution in [0.5, 0.6) is 5.75 Å². The molecule has 4 rings (SSSR count). The van der Waals surface area contributed by atoms with E-state index in [2.05, 4.69) is 20.6 Å². The van der Waals surface area contributed by atoms with Crippen LogP contribution in [0.1, 0.15) is 35.1 Å². The van der Waals surface area contributed by atoms with E-state index in [1.165, 1.54) is 11.3 Å². The molecule has 0 bridgehead atoms. The monoisotopic (exact) mass is 407 g/mol. The van der Waals surface area contributed by atoms with Crippen molar-refractivity contribution in [3.63, 3.8) is 0 Å². The molecule has 7 nitrogen and oxygen atoms in total. The van der Waals surface area contributed by atoms with E-state index in [1.807, 2.05) is 50.2 Å². The van der Waals surface area contributed by atoms with Gasteiger partial charge in [0.1, 0.15) is 10.8 Å². The Morgan fingerprint density at radius 2 is 2.00 bits per heavy atom. The summed E-state index contributed by atoms with van der Waals surface area (Å²) in [5, 5.41) is 16.5. The van der Waals surface area contributed by atoms with Crippen LogP contribution < -0.4 is 10.1 Å². The van der Waals surface area contributed by atoms with E-state index in [9.17, 15) is 4.79 Å². The van der Waals surface area contributed by atoms with Crippen LogP contribution in [0.25, 0.3) is 15.5 Å². The van der Waals surface area contributed by atoms with E-state index >= 15 is 0 Å². The SMILES string of the molecule is CCCOc1cccc(C(=O)NCc2ccc(-c3nn4c(C)nnc4s3)cc2)c1. The van der Waals surface area contributed by atoms with Crippen molar-refractivity contribution in [3.05, 3.63) is 65.5 Å². The zero-order chi connectivity index (χ0) is 20.2. The molecule has 0 saturated heterocycles. The molecule has 1 N–H and O–H groups in total. The van der Waals surface area contributed by atoms with Crippen molar-refractivity contribution in [3.8, 4) is 16.3 Å². The molecule has 0 unspecified atom stereocenters. The topological polar surface area (TPSA) is 81.4 Å². The minimum absolute atomic E-state index is 0.125. The first-order chi connectivity index (χ1) is 14.1. The maximum Gasteiger partial charge on any atom is 0.251 e. The number of rotatable bonds is 7. The van der Waals surface area contributed by atoms with E-state index < -0.39 is 0 Å². The Morgan fingerprint density at radius 1 is 1.17 bits per heavy atom. The third kappa shape index (κ3) is 4.27. The number of fused-ring (bicyclic) bond motifs is 1. The summed E-state index contributed by atoms with van der Waals surface area (Å²) in [6.07, 6.45) is 0.927. The van der Waals surface area contributed by atoms with Gasteiger partial charge in [0.05, 0.1) is 6.61 Å². The highest BCUT2D eigenvalue weighted by molar-refractivity contribution is 7.19. The van der Waals surface area contributed by atoms with Gasteiger partial charge in [-0.05, 0) is 37.1 Å². The molecule has 0 aliphatic heterocycles. The number of hydrogen-bond donors (Lipinski definition) is 1. The van der Waals surface area contributed by atoms with Crippen LogP contribution in [0, 0.1) is 6.92 Å².